The Morgan fingerprint density at radius 3 is 2.61 bits per heavy atom. The number of esters is 1. The van der Waals surface area contributed by atoms with E-state index in [1.807, 2.05) is 0 Å². The van der Waals surface area contributed by atoms with Gasteiger partial charge in [-0.15, -0.1) is 0 Å². The smallest absolute Gasteiger partial charge is 0.310 e. The number of methoxy groups -OCH3 is 1. The highest BCUT2D eigenvalue weighted by molar-refractivity contribution is 5.80. The molecule has 0 saturated carbocycles. The molecule has 1 rings (SSSR count). The highest BCUT2D eigenvalue weighted by Gasteiger charge is 2.32. The van der Waals surface area contributed by atoms with Crippen LogP contribution < -0.4 is 0 Å². The van der Waals surface area contributed by atoms with E-state index in [-0.39, 0.29) is 36.6 Å². The molecule has 1 aliphatic heterocycles. The zero-order chi connectivity index (χ0) is 13.7. The van der Waals surface area contributed by atoms with Crippen LogP contribution in [0.25, 0.3) is 0 Å². The minimum absolute atomic E-state index is 0.0139. The molecule has 0 bridgehead atoms. The Labute approximate surface area is 106 Å². The lowest BCUT2D eigenvalue weighted by atomic mass is 10.0. The molecular formula is C12H19NO5. The first-order chi connectivity index (χ1) is 8.43. The summed E-state index contributed by atoms with van der Waals surface area (Å²) < 4.78 is 4.64. The highest BCUT2D eigenvalue weighted by Crippen LogP contribution is 2.20. The molecule has 0 aromatic heterocycles. The van der Waals surface area contributed by atoms with Crippen LogP contribution in [0.1, 0.15) is 26.2 Å². The van der Waals surface area contributed by atoms with Crippen LogP contribution in [0, 0.1) is 11.8 Å². The summed E-state index contributed by atoms with van der Waals surface area (Å²) in [4.78, 5) is 35.3. The van der Waals surface area contributed by atoms with Gasteiger partial charge in [-0.25, -0.2) is 0 Å². The maximum Gasteiger partial charge on any atom is 0.310 e. The van der Waals surface area contributed by atoms with E-state index in [9.17, 15) is 14.4 Å². The summed E-state index contributed by atoms with van der Waals surface area (Å²) in [6.45, 7) is 2.66. The molecule has 102 valence electrons. The van der Waals surface area contributed by atoms with Gasteiger partial charge in [0.25, 0.3) is 0 Å². The van der Waals surface area contributed by atoms with Crippen LogP contribution in [0.3, 0.4) is 0 Å². The summed E-state index contributed by atoms with van der Waals surface area (Å²) in [6, 6.07) is 0. The molecule has 0 spiro atoms. The van der Waals surface area contributed by atoms with Crippen molar-refractivity contribution in [2.24, 2.45) is 11.8 Å². The average Bonchev–Trinajstić information content (AvgIpc) is 2.75. The Morgan fingerprint density at radius 2 is 2.06 bits per heavy atom. The molecule has 1 heterocycles. The van der Waals surface area contributed by atoms with Crippen molar-refractivity contribution in [2.45, 2.75) is 26.2 Å². The summed E-state index contributed by atoms with van der Waals surface area (Å²) in [5, 5.41) is 8.62. The number of hydrogen-bond donors (Lipinski definition) is 1. The molecular weight excluding hydrogens is 238 g/mol. The molecule has 1 aliphatic rings. The number of carbonyl (C=O) groups excluding carboxylic acids is 2. The van der Waals surface area contributed by atoms with Crippen LogP contribution in [0.4, 0.5) is 0 Å². The predicted molar refractivity (Wildman–Crippen MR) is 62.7 cm³/mol. The van der Waals surface area contributed by atoms with E-state index >= 15 is 0 Å². The molecule has 1 amide bonds. The number of carboxylic acids is 1. The van der Waals surface area contributed by atoms with E-state index in [4.69, 9.17) is 5.11 Å². The topological polar surface area (TPSA) is 83.9 Å². The number of hydrogen-bond acceptors (Lipinski definition) is 4. The van der Waals surface area contributed by atoms with Gasteiger partial charge in [-0.1, -0.05) is 6.92 Å². The van der Waals surface area contributed by atoms with E-state index in [1.165, 1.54) is 7.11 Å². The fourth-order valence-corrected chi connectivity index (χ4v) is 2.14. The van der Waals surface area contributed by atoms with E-state index < -0.39 is 5.97 Å². The first-order valence-corrected chi connectivity index (χ1v) is 6.01. The number of carbonyl (C=O) groups is 3. The average molecular weight is 257 g/mol. The van der Waals surface area contributed by atoms with E-state index in [0.29, 0.717) is 19.5 Å². The Balaban J connectivity index is 2.40. The van der Waals surface area contributed by atoms with Crippen molar-refractivity contribution in [2.75, 3.05) is 20.2 Å². The molecule has 6 heteroatoms. The Hall–Kier alpha value is -1.59. The summed E-state index contributed by atoms with van der Waals surface area (Å²) in [5.74, 6) is -1.70. The monoisotopic (exact) mass is 257 g/mol. The van der Waals surface area contributed by atoms with Gasteiger partial charge in [0.15, 0.2) is 0 Å². The largest absolute Gasteiger partial charge is 0.481 e. The van der Waals surface area contributed by atoms with Crippen LogP contribution in [-0.2, 0) is 19.1 Å². The van der Waals surface area contributed by atoms with Crippen LogP contribution in [0.15, 0.2) is 0 Å². The summed E-state index contributed by atoms with van der Waals surface area (Å²) in [6.07, 6.45) is 0.811. The lowest BCUT2D eigenvalue weighted by Crippen LogP contribution is -2.31. The zero-order valence-electron chi connectivity index (χ0n) is 10.7. The molecule has 6 nitrogen and oxygen atoms in total. The highest BCUT2D eigenvalue weighted by atomic mass is 16.5. The van der Waals surface area contributed by atoms with E-state index in [2.05, 4.69) is 4.74 Å². The Morgan fingerprint density at radius 1 is 1.39 bits per heavy atom. The van der Waals surface area contributed by atoms with Gasteiger partial charge in [-0.2, -0.15) is 0 Å². The summed E-state index contributed by atoms with van der Waals surface area (Å²) in [5.41, 5.74) is 0. The number of aliphatic carboxylic acids is 1. The minimum Gasteiger partial charge on any atom is -0.481 e. The van der Waals surface area contributed by atoms with Gasteiger partial charge < -0.3 is 14.7 Å². The Bertz CT molecular complexity index is 341. The van der Waals surface area contributed by atoms with Gasteiger partial charge in [-0.05, 0) is 12.3 Å². The number of carboxylic acid groups (broad SMARTS) is 1. The zero-order valence-corrected chi connectivity index (χ0v) is 10.7. The van der Waals surface area contributed by atoms with Crippen molar-refractivity contribution < 1.29 is 24.2 Å². The van der Waals surface area contributed by atoms with Crippen LogP contribution in [0.5, 0.6) is 0 Å². The normalized spacial score (nSPS) is 20.6. The molecule has 2 atom stereocenters. The van der Waals surface area contributed by atoms with Crippen molar-refractivity contribution in [3.63, 3.8) is 0 Å². The molecule has 0 radical (unpaired) electrons. The molecule has 1 fully saturated rings. The minimum atomic E-state index is -0.899. The number of rotatable bonds is 5. The summed E-state index contributed by atoms with van der Waals surface area (Å²) in [7, 11) is 1.34. The molecule has 18 heavy (non-hydrogen) atoms. The van der Waals surface area contributed by atoms with Gasteiger partial charge >= 0.3 is 11.9 Å². The number of nitrogens with zero attached hydrogens (tertiary/aromatic N) is 1. The predicted octanol–water partition coefficient (Wildman–Crippen LogP) is 0.509. The maximum atomic E-state index is 11.9. The molecule has 0 aromatic carbocycles. The molecule has 1 saturated heterocycles. The fourth-order valence-electron chi connectivity index (χ4n) is 2.14. The number of amides is 1. The third-order valence-electron chi connectivity index (χ3n) is 3.12. The third kappa shape index (κ3) is 4.01. The molecule has 0 aliphatic carbocycles. The van der Waals surface area contributed by atoms with Crippen molar-refractivity contribution in [3.8, 4) is 0 Å². The lowest BCUT2D eigenvalue weighted by Gasteiger charge is -2.18. The standard InChI is InChI=1S/C12H19NO5/c1-8(6-11(15)16)5-10(14)13-4-3-9(7-13)12(17)18-2/h8-9H,3-7H2,1-2H3,(H,15,16). The van der Waals surface area contributed by atoms with Crippen molar-refractivity contribution in [3.05, 3.63) is 0 Å². The quantitative estimate of drug-likeness (QED) is 0.725. The van der Waals surface area contributed by atoms with Gasteiger partial charge in [0.2, 0.25) is 5.91 Å². The van der Waals surface area contributed by atoms with E-state index in [0.717, 1.165) is 0 Å². The third-order valence-corrected chi connectivity index (χ3v) is 3.12. The van der Waals surface area contributed by atoms with Crippen molar-refractivity contribution in [1.82, 2.24) is 4.90 Å². The first kappa shape index (κ1) is 14.5. The Kier molecular flexibility index (Phi) is 5.12. The number of likely N-dealkylation sites (tertiary alicyclic amines) is 1. The summed E-state index contributed by atoms with van der Waals surface area (Å²) >= 11 is 0. The van der Waals surface area contributed by atoms with Gasteiger partial charge in [0, 0.05) is 25.9 Å². The van der Waals surface area contributed by atoms with Crippen molar-refractivity contribution in [1.29, 1.82) is 0 Å². The second-order valence-electron chi connectivity index (χ2n) is 4.76. The lowest BCUT2D eigenvalue weighted by molar-refractivity contribution is -0.145. The number of ether oxygens (including phenoxy) is 1. The van der Waals surface area contributed by atoms with Gasteiger partial charge in [0.1, 0.15) is 0 Å². The first-order valence-electron chi connectivity index (χ1n) is 6.01. The van der Waals surface area contributed by atoms with Crippen LogP contribution in [0.2, 0.25) is 0 Å². The van der Waals surface area contributed by atoms with Crippen LogP contribution >= 0.6 is 0 Å². The second kappa shape index (κ2) is 6.37. The molecule has 1 N–H and O–H groups in total. The van der Waals surface area contributed by atoms with Gasteiger partial charge in [0.05, 0.1) is 13.0 Å². The van der Waals surface area contributed by atoms with Crippen LogP contribution in [-0.4, -0.2) is 48.1 Å². The van der Waals surface area contributed by atoms with E-state index in [1.54, 1.807) is 11.8 Å². The molecule has 2 unspecified atom stereocenters. The van der Waals surface area contributed by atoms with Gasteiger partial charge in [-0.3, -0.25) is 14.4 Å². The van der Waals surface area contributed by atoms with Crippen molar-refractivity contribution >= 4 is 17.8 Å². The second-order valence-corrected chi connectivity index (χ2v) is 4.76. The SMILES string of the molecule is COC(=O)C1CCN(C(=O)CC(C)CC(=O)O)C1. The fraction of sp³-hybridized carbons (Fsp3) is 0.750. The maximum absolute atomic E-state index is 11.9. The molecule has 0 aromatic rings.